The Balaban J connectivity index is 2.00. The average molecular weight is 316 g/mol. The van der Waals surface area contributed by atoms with Gasteiger partial charge in [0.2, 0.25) is 0 Å². The summed E-state index contributed by atoms with van der Waals surface area (Å²) in [4.78, 5) is 4.43. The largest absolute Gasteiger partial charge is 0.375 e. The van der Waals surface area contributed by atoms with E-state index in [1.807, 2.05) is 42.5 Å². The maximum absolute atomic E-state index is 5.94. The van der Waals surface area contributed by atoms with Crippen LogP contribution >= 0.6 is 22.9 Å². The van der Waals surface area contributed by atoms with E-state index in [1.165, 1.54) is 16.9 Å². The summed E-state index contributed by atoms with van der Waals surface area (Å²) in [6.45, 7) is 2.06. The molecule has 0 amide bonds. The van der Waals surface area contributed by atoms with E-state index < -0.39 is 0 Å². The summed E-state index contributed by atoms with van der Waals surface area (Å²) < 4.78 is 0. The maximum Gasteiger partial charge on any atom is 0.182 e. The smallest absolute Gasteiger partial charge is 0.182 e. The zero-order valence-corrected chi connectivity index (χ0v) is 13.0. The van der Waals surface area contributed by atoms with Gasteiger partial charge < -0.3 is 11.1 Å². The molecule has 0 radical (unpaired) electrons. The second kappa shape index (κ2) is 5.76. The molecule has 5 heteroatoms. The van der Waals surface area contributed by atoms with Crippen molar-refractivity contribution in [3.63, 3.8) is 0 Å². The molecule has 0 saturated carbocycles. The minimum atomic E-state index is 0.538. The Hall–Kier alpha value is -2.04. The first-order chi connectivity index (χ1) is 10.1. The molecule has 3 nitrogen and oxygen atoms in total. The van der Waals surface area contributed by atoms with Gasteiger partial charge in [-0.3, -0.25) is 0 Å². The lowest BCUT2D eigenvalue weighted by Crippen LogP contribution is -1.92. The molecule has 0 aliphatic heterocycles. The van der Waals surface area contributed by atoms with Crippen molar-refractivity contribution in [3.05, 3.63) is 59.1 Å². The summed E-state index contributed by atoms with van der Waals surface area (Å²) in [7, 11) is 0. The van der Waals surface area contributed by atoms with Gasteiger partial charge in [0, 0.05) is 16.3 Å². The Kier molecular flexibility index (Phi) is 3.82. The number of para-hydroxylation sites is 1. The van der Waals surface area contributed by atoms with Crippen molar-refractivity contribution in [3.8, 4) is 11.3 Å². The number of hydrogen-bond acceptors (Lipinski definition) is 4. The number of nitrogens with two attached hydrogens (primary N) is 1. The van der Waals surface area contributed by atoms with Crippen LogP contribution in [0.15, 0.2) is 48.5 Å². The van der Waals surface area contributed by atoms with Crippen molar-refractivity contribution in [2.75, 3.05) is 11.1 Å². The lowest BCUT2D eigenvalue weighted by molar-refractivity contribution is 1.39. The van der Waals surface area contributed by atoms with Gasteiger partial charge in [-0.2, -0.15) is 0 Å². The molecule has 0 aliphatic rings. The number of anilines is 3. The molecule has 3 N–H and O–H groups in total. The fraction of sp³-hybridized carbons (Fsp3) is 0.0625. The molecule has 0 spiro atoms. The van der Waals surface area contributed by atoms with Gasteiger partial charge in [-0.05, 0) is 30.7 Å². The van der Waals surface area contributed by atoms with E-state index in [0.29, 0.717) is 10.2 Å². The second-order valence-corrected chi connectivity index (χ2v) is 6.14. The molecular formula is C16H14ClN3S. The molecule has 0 aliphatic carbocycles. The topological polar surface area (TPSA) is 50.9 Å². The molecule has 0 fully saturated rings. The van der Waals surface area contributed by atoms with Crippen LogP contribution < -0.4 is 11.1 Å². The first kappa shape index (κ1) is 13.9. The van der Waals surface area contributed by atoms with E-state index in [4.69, 9.17) is 17.3 Å². The van der Waals surface area contributed by atoms with Gasteiger partial charge in [-0.1, -0.05) is 53.3 Å². The number of nitrogen functional groups attached to an aromatic ring is 1. The Morgan fingerprint density at radius 1 is 1.10 bits per heavy atom. The van der Waals surface area contributed by atoms with E-state index in [-0.39, 0.29) is 0 Å². The Morgan fingerprint density at radius 2 is 1.81 bits per heavy atom. The number of hydrogen-bond donors (Lipinski definition) is 2. The summed E-state index contributed by atoms with van der Waals surface area (Å²) in [6, 6.07) is 15.7. The molecule has 3 rings (SSSR count). The van der Waals surface area contributed by atoms with Crippen LogP contribution in [0.2, 0.25) is 5.02 Å². The van der Waals surface area contributed by atoms with Gasteiger partial charge >= 0.3 is 0 Å². The highest BCUT2D eigenvalue weighted by atomic mass is 35.5. The number of aromatic nitrogens is 1. The number of aryl methyl sites for hydroxylation is 1. The molecule has 3 aromatic rings. The van der Waals surface area contributed by atoms with Gasteiger partial charge in [0.25, 0.3) is 0 Å². The highest BCUT2D eigenvalue weighted by Gasteiger charge is 2.12. The van der Waals surface area contributed by atoms with E-state index >= 15 is 0 Å². The van der Waals surface area contributed by atoms with Crippen LogP contribution in [0.1, 0.15) is 5.56 Å². The molecular weight excluding hydrogens is 302 g/mol. The summed E-state index contributed by atoms with van der Waals surface area (Å²) >= 11 is 7.38. The zero-order chi connectivity index (χ0) is 14.8. The van der Waals surface area contributed by atoms with Crippen LogP contribution in [0, 0.1) is 6.92 Å². The maximum atomic E-state index is 5.94. The van der Waals surface area contributed by atoms with Crippen LogP contribution in [-0.2, 0) is 0 Å². The minimum Gasteiger partial charge on any atom is -0.375 e. The summed E-state index contributed by atoms with van der Waals surface area (Å²) in [6.07, 6.45) is 0. The fourth-order valence-electron chi connectivity index (χ4n) is 2.06. The molecule has 21 heavy (non-hydrogen) atoms. The van der Waals surface area contributed by atoms with Crippen molar-refractivity contribution < 1.29 is 0 Å². The summed E-state index contributed by atoms with van der Waals surface area (Å²) in [5.41, 5.74) is 9.94. The summed E-state index contributed by atoms with van der Waals surface area (Å²) in [5.74, 6) is 0. The van der Waals surface area contributed by atoms with Crippen LogP contribution in [0.25, 0.3) is 11.3 Å². The minimum absolute atomic E-state index is 0.538. The summed E-state index contributed by atoms with van der Waals surface area (Å²) in [5, 5.41) is 5.59. The number of nitrogens with zero attached hydrogens (tertiary/aromatic N) is 1. The second-order valence-electron chi connectivity index (χ2n) is 4.68. The van der Waals surface area contributed by atoms with Crippen molar-refractivity contribution in [2.45, 2.75) is 6.92 Å². The molecule has 106 valence electrons. The first-order valence-corrected chi connectivity index (χ1v) is 7.68. The van der Waals surface area contributed by atoms with Gasteiger partial charge in [-0.25, -0.2) is 4.98 Å². The van der Waals surface area contributed by atoms with Crippen LogP contribution in [-0.4, -0.2) is 4.98 Å². The predicted octanol–water partition coefficient (Wildman–Crippen LogP) is 5.10. The fourth-order valence-corrected chi connectivity index (χ4v) is 2.95. The molecule has 1 aromatic heterocycles. The number of halogens is 1. The number of thiazole rings is 1. The molecule has 0 saturated heterocycles. The van der Waals surface area contributed by atoms with Crippen LogP contribution in [0.4, 0.5) is 15.8 Å². The van der Waals surface area contributed by atoms with Crippen LogP contribution in [0.5, 0.6) is 0 Å². The van der Waals surface area contributed by atoms with Crippen molar-refractivity contribution in [2.24, 2.45) is 0 Å². The third-order valence-electron chi connectivity index (χ3n) is 3.15. The number of rotatable bonds is 3. The van der Waals surface area contributed by atoms with Crippen molar-refractivity contribution in [1.82, 2.24) is 4.98 Å². The monoisotopic (exact) mass is 315 g/mol. The van der Waals surface area contributed by atoms with E-state index in [2.05, 4.69) is 23.3 Å². The van der Waals surface area contributed by atoms with Crippen LogP contribution in [0.3, 0.4) is 0 Å². The predicted molar refractivity (Wildman–Crippen MR) is 91.4 cm³/mol. The normalized spacial score (nSPS) is 10.6. The highest BCUT2D eigenvalue weighted by molar-refractivity contribution is 7.19. The third-order valence-corrected chi connectivity index (χ3v) is 4.21. The standard InChI is InChI=1S/C16H14ClN3S/c1-10-4-2-3-5-13(10)19-15-14(20-16(18)21-15)11-6-8-12(17)9-7-11/h2-9,19H,1H3,(H2,18,20). The van der Waals surface area contributed by atoms with Crippen molar-refractivity contribution >= 4 is 38.8 Å². The average Bonchev–Trinajstić information content (AvgIpc) is 2.83. The van der Waals surface area contributed by atoms with Gasteiger partial charge in [0.15, 0.2) is 5.13 Å². The third kappa shape index (κ3) is 3.01. The highest BCUT2D eigenvalue weighted by Crippen LogP contribution is 2.37. The first-order valence-electron chi connectivity index (χ1n) is 6.48. The Labute approximate surface area is 132 Å². The Bertz CT molecular complexity index is 765. The van der Waals surface area contributed by atoms with Gasteiger partial charge in [-0.15, -0.1) is 0 Å². The molecule has 0 atom stereocenters. The molecule has 0 unspecified atom stereocenters. The molecule has 1 heterocycles. The van der Waals surface area contributed by atoms with E-state index in [9.17, 15) is 0 Å². The SMILES string of the molecule is Cc1ccccc1Nc1sc(N)nc1-c1ccc(Cl)cc1. The quantitative estimate of drug-likeness (QED) is 0.707. The van der Waals surface area contributed by atoms with E-state index in [0.717, 1.165) is 21.9 Å². The molecule has 0 bridgehead atoms. The van der Waals surface area contributed by atoms with Gasteiger partial charge in [0.05, 0.1) is 0 Å². The molecule has 2 aromatic carbocycles. The van der Waals surface area contributed by atoms with Crippen molar-refractivity contribution in [1.29, 1.82) is 0 Å². The zero-order valence-electron chi connectivity index (χ0n) is 11.4. The Morgan fingerprint density at radius 3 is 2.52 bits per heavy atom. The number of nitrogens with one attached hydrogen (secondary N) is 1. The van der Waals surface area contributed by atoms with E-state index in [1.54, 1.807) is 0 Å². The van der Waals surface area contributed by atoms with Gasteiger partial charge in [0.1, 0.15) is 10.7 Å². The lowest BCUT2D eigenvalue weighted by atomic mass is 10.1. The lowest BCUT2D eigenvalue weighted by Gasteiger charge is -2.09. The number of benzene rings is 2.